The average molecular weight is 435 g/mol. The van der Waals surface area contributed by atoms with Gasteiger partial charge >= 0.3 is 11.9 Å². The highest BCUT2D eigenvalue weighted by Gasteiger charge is 2.54. The second-order valence-electron chi connectivity index (χ2n) is 7.05. The molecule has 30 heavy (non-hydrogen) atoms. The van der Waals surface area contributed by atoms with E-state index in [1.807, 2.05) is 0 Å². The summed E-state index contributed by atoms with van der Waals surface area (Å²) in [6, 6.07) is 1.98. The van der Waals surface area contributed by atoms with Gasteiger partial charge in [-0.1, -0.05) is 0 Å². The lowest BCUT2D eigenvalue weighted by molar-refractivity contribution is -0.151. The van der Waals surface area contributed by atoms with Gasteiger partial charge in [0.1, 0.15) is 30.3 Å². The SMILES string of the molecule is CC(=O)OCC1=C(C(=O)O)N2C(=O)[C@@H](NC(=O)Cn3c(C)cc(=O)cc3C)[C@H]2SC1. The number of thioether (sulfide) groups is 1. The molecule has 0 radical (unpaired) electrons. The molecule has 1 aromatic rings. The Morgan fingerprint density at radius 2 is 1.87 bits per heavy atom. The number of aryl methyl sites for hydroxylation is 2. The lowest BCUT2D eigenvalue weighted by atomic mass is 10.0. The van der Waals surface area contributed by atoms with Crippen molar-refractivity contribution in [2.75, 3.05) is 12.4 Å². The molecule has 0 spiro atoms. The molecule has 11 heteroatoms. The number of nitrogens with zero attached hydrogens (tertiary/aromatic N) is 2. The fraction of sp³-hybridized carbons (Fsp3) is 0.421. The Labute approximate surface area is 175 Å². The first-order valence-electron chi connectivity index (χ1n) is 9.11. The summed E-state index contributed by atoms with van der Waals surface area (Å²) in [6.45, 7) is 4.36. The Morgan fingerprint density at radius 3 is 2.43 bits per heavy atom. The summed E-state index contributed by atoms with van der Waals surface area (Å²) >= 11 is 1.29. The highest BCUT2D eigenvalue weighted by Crippen LogP contribution is 2.40. The number of carbonyl (C=O) groups excluding carboxylic acids is 3. The van der Waals surface area contributed by atoms with Crippen LogP contribution >= 0.6 is 11.8 Å². The van der Waals surface area contributed by atoms with Crippen molar-refractivity contribution < 1.29 is 29.0 Å². The number of nitrogens with one attached hydrogen (secondary N) is 1. The van der Waals surface area contributed by atoms with Crippen LogP contribution in [0.25, 0.3) is 0 Å². The number of β-lactam (4-membered cyclic amide) rings is 1. The van der Waals surface area contributed by atoms with Crippen molar-refractivity contribution in [3.8, 4) is 0 Å². The third kappa shape index (κ3) is 4.11. The molecule has 160 valence electrons. The van der Waals surface area contributed by atoms with Crippen LogP contribution in [0.4, 0.5) is 0 Å². The maximum atomic E-state index is 12.6. The summed E-state index contributed by atoms with van der Waals surface area (Å²) in [5.41, 5.74) is 1.21. The van der Waals surface area contributed by atoms with E-state index in [1.165, 1.54) is 30.8 Å². The number of rotatable bonds is 6. The van der Waals surface area contributed by atoms with E-state index < -0.39 is 35.2 Å². The first-order valence-corrected chi connectivity index (χ1v) is 10.2. The molecule has 2 N–H and O–H groups in total. The van der Waals surface area contributed by atoms with Crippen molar-refractivity contribution in [2.45, 2.75) is 38.7 Å². The van der Waals surface area contributed by atoms with E-state index in [9.17, 15) is 29.1 Å². The first kappa shape index (κ1) is 21.6. The van der Waals surface area contributed by atoms with Gasteiger partial charge < -0.3 is 19.7 Å². The number of aliphatic carboxylic acids is 1. The van der Waals surface area contributed by atoms with Crippen molar-refractivity contribution in [1.29, 1.82) is 0 Å². The molecule has 1 saturated heterocycles. The number of carbonyl (C=O) groups is 4. The van der Waals surface area contributed by atoms with Crippen molar-refractivity contribution in [3.05, 3.63) is 45.0 Å². The van der Waals surface area contributed by atoms with Gasteiger partial charge in [-0.15, -0.1) is 11.8 Å². The zero-order valence-corrected chi connectivity index (χ0v) is 17.4. The molecule has 0 unspecified atom stereocenters. The zero-order chi connectivity index (χ0) is 22.2. The van der Waals surface area contributed by atoms with Gasteiger partial charge in [0.05, 0.1) is 0 Å². The second-order valence-corrected chi connectivity index (χ2v) is 8.16. The van der Waals surface area contributed by atoms with E-state index in [0.29, 0.717) is 17.0 Å². The number of hydrogen-bond donors (Lipinski definition) is 2. The second kappa shape index (κ2) is 8.34. The smallest absolute Gasteiger partial charge is 0.352 e. The molecule has 0 saturated carbocycles. The molecule has 3 heterocycles. The van der Waals surface area contributed by atoms with Crippen LogP contribution < -0.4 is 10.7 Å². The molecular formula is C19H21N3O7S. The van der Waals surface area contributed by atoms with Crippen molar-refractivity contribution in [3.63, 3.8) is 0 Å². The van der Waals surface area contributed by atoms with Gasteiger partial charge in [0.15, 0.2) is 5.43 Å². The van der Waals surface area contributed by atoms with Crippen LogP contribution in [0.2, 0.25) is 0 Å². The molecular weight excluding hydrogens is 414 g/mol. The Kier molecular flexibility index (Phi) is 6.01. The van der Waals surface area contributed by atoms with Crippen molar-refractivity contribution >= 4 is 35.5 Å². The quantitative estimate of drug-likeness (QED) is 0.462. The summed E-state index contributed by atoms with van der Waals surface area (Å²) in [6.07, 6.45) is 0. The number of pyridine rings is 1. The minimum absolute atomic E-state index is 0.0710. The summed E-state index contributed by atoms with van der Waals surface area (Å²) < 4.78 is 6.55. The molecule has 2 amide bonds. The summed E-state index contributed by atoms with van der Waals surface area (Å²) in [7, 11) is 0. The molecule has 10 nitrogen and oxygen atoms in total. The molecule has 0 bridgehead atoms. The van der Waals surface area contributed by atoms with Crippen LogP contribution in [0.5, 0.6) is 0 Å². The summed E-state index contributed by atoms with van der Waals surface area (Å²) in [4.78, 5) is 60.5. The predicted molar refractivity (Wildman–Crippen MR) is 106 cm³/mol. The van der Waals surface area contributed by atoms with Crippen molar-refractivity contribution in [2.24, 2.45) is 0 Å². The molecule has 1 aromatic heterocycles. The Hall–Kier alpha value is -3.08. The number of hydrogen-bond acceptors (Lipinski definition) is 7. The zero-order valence-electron chi connectivity index (χ0n) is 16.6. The number of aromatic nitrogens is 1. The lowest BCUT2D eigenvalue weighted by Gasteiger charge is -2.49. The number of esters is 1. The molecule has 2 aliphatic heterocycles. The highest BCUT2D eigenvalue weighted by atomic mass is 32.2. The average Bonchev–Trinajstić information content (AvgIpc) is 2.66. The van der Waals surface area contributed by atoms with E-state index in [4.69, 9.17) is 4.74 Å². The fourth-order valence-corrected chi connectivity index (χ4v) is 4.81. The summed E-state index contributed by atoms with van der Waals surface area (Å²) in [5.74, 6) is -2.54. The van der Waals surface area contributed by atoms with Gasteiger partial charge in [-0.3, -0.25) is 24.1 Å². The van der Waals surface area contributed by atoms with Gasteiger partial charge in [-0.05, 0) is 13.8 Å². The van der Waals surface area contributed by atoms with E-state index >= 15 is 0 Å². The molecule has 0 aromatic carbocycles. The predicted octanol–water partition coefficient (Wildman–Crippen LogP) is -0.233. The minimum atomic E-state index is -1.29. The Morgan fingerprint density at radius 1 is 1.23 bits per heavy atom. The van der Waals surface area contributed by atoms with E-state index in [0.717, 1.165) is 4.90 Å². The van der Waals surface area contributed by atoms with Crippen LogP contribution in [0.3, 0.4) is 0 Å². The van der Waals surface area contributed by atoms with E-state index in [2.05, 4.69) is 5.32 Å². The first-order chi connectivity index (χ1) is 14.1. The third-order valence-corrected chi connectivity index (χ3v) is 6.21. The van der Waals surface area contributed by atoms with Crippen LogP contribution in [0, 0.1) is 13.8 Å². The number of amides is 2. The van der Waals surface area contributed by atoms with E-state index in [1.54, 1.807) is 18.4 Å². The van der Waals surface area contributed by atoms with Gasteiger partial charge in [0.2, 0.25) is 5.91 Å². The molecule has 2 atom stereocenters. The van der Waals surface area contributed by atoms with Crippen molar-refractivity contribution in [1.82, 2.24) is 14.8 Å². The van der Waals surface area contributed by atoms with Gasteiger partial charge in [0.25, 0.3) is 5.91 Å². The van der Waals surface area contributed by atoms with Crippen LogP contribution in [0.15, 0.2) is 28.2 Å². The Balaban J connectivity index is 1.72. The summed E-state index contributed by atoms with van der Waals surface area (Å²) in [5, 5.41) is 11.6. The molecule has 3 rings (SSSR count). The normalized spacial score (nSPS) is 20.4. The maximum absolute atomic E-state index is 12.6. The topological polar surface area (TPSA) is 135 Å². The lowest BCUT2D eigenvalue weighted by Crippen LogP contribution is -2.70. The monoisotopic (exact) mass is 435 g/mol. The standard InChI is InChI=1S/C19H21N3O7S/c1-9-4-13(24)5-10(2)21(9)6-14(25)20-15-17(26)22-16(19(27)28)12(7-29-11(3)23)8-30-18(15)22/h4-5,15,18H,6-8H2,1-3H3,(H,20,25)(H,27,28)/t15-,18-/m1/s1. The maximum Gasteiger partial charge on any atom is 0.352 e. The Bertz CT molecular complexity index is 1000. The van der Waals surface area contributed by atoms with Crippen LogP contribution in [-0.4, -0.2) is 62.1 Å². The largest absolute Gasteiger partial charge is 0.477 e. The van der Waals surface area contributed by atoms with Gasteiger partial charge in [-0.2, -0.15) is 0 Å². The third-order valence-electron chi connectivity index (χ3n) is 4.87. The molecule has 0 aliphatic carbocycles. The number of fused-ring (bicyclic) bond motifs is 1. The van der Waals surface area contributed by atoms with Gasteiger partial charge in [0, 0.05) is 41.8 Å². The van der Waals surface area contributed by atoms with Crippen LogP contribution in [0.1, 0.15) is 18.3 Å². The molecule has 2 aliphatic rings. The fourth-order valence-electron chi connectivity index (χ4n) is 3.48. The van der Waals surface area contributed by atoms with Crippen LogP contribution in [-0.2, 0) is 30.5 Å². The highest BCUT2D eigenvalue weighted by molar-refractivity contribution is 8.00. The van der Waals surface area contributed by atoms with Gasteiger partial charge in [-0.25, -0.2) is 4.79 Å². The minimum Gasteiger partial charge on any atom is -0.477 e. The molecule has 1 fully saturated rings. The van der Waals surface area contributed by atoms with E-state index in [-0.39, 0.29) is 30.0 Å². The number of ether oxygens (including phenoxy) is 1. The number of carboxylic acid groups (broad SMARTS) is 1. The number of carboxylic acids is 1.